The molecule has 0 heterocycles. The van der Waals surface area contributed by atoms with Crippen molar-refractivity contribution in [2.75, 3.05) is 26.0 Å². The summed E-state index contributed by atoms with van der Waals surface area (Å²) in [6, 6.07) is 4.93. The molecule has 0 spiro atoms. The van der Waals surface area contributed by atoms with Gasteiger partial charge in [-0.05, 0) is 37.6 Å². The van der Waals surface area contributed by atoms with Crippen LogP contribution in [0.1, 0.15) is 22.8 Å². The molecule has 20 heavy (non-hydrogen) atoms. The first-order valence-electron chi connectivity index (χ1n) is 6.29. The predicted octanol–water partition coefficient (Wildman–Crippen LogP) is 0.885. The number of nitrogens with two attached hydrogens (primary N) is 1. The summed E-state index contributed by atoms with van der Waals surface area (Å²) < 4.78 is 9.90. The van der Waals surface area contributed by atoms with Crippen molar-refractivity contribution in [3.63, 3.8) is 0 Å². The molecule has 0 aliphatic heterocycles. The van der Waals surface area contributed by atoms with Crippen LogP contribution < -0.4 is 11.1 Å². The SMILES string of the molecule is COCCNC(=O)C(C)OC(=O)c1cc(C)cc(N)c1. The van der Waals surface area contributed by atoms with Gasteiger partial charge in [-0.2, -0.15) is 0 Å². The number of anilines is 1. The number of ether oxygens (including phenoxy) is 2. The number of hydrogen-bond acceptors (Lipinski definition) is 5. The highest BCUT2D eigenvalue weighted by Crippen LogP contribution is 2.13. The second-order valence-corrected chi connectivity index (χ2v) is 4.46. The third kappa shape index (κ3) is 4.89. The molecule has 1 aromatic carbocycles. The van der Waals surface area contributed by atoms with Crippen molar-refractivity contribution in [2.24, 2.45) is 0 Å². The Hall–Kier alpha value is -2.08. The second kappa shape index (κ2) is 7.49. The maximum absolute atomic E-state index is 11.9. The van der Waals surface area contributed by atoms with E-state index in [-0.39, 0.29) is 5.91 Å². The van der Waals surface area contributed by atoms with Crippen LogP contribution in [-0.2, 0) is 14.3 Å². The molecule has 3 N–H and O–H groups in total. The van der Waals surface area contributed by atoms with Gasteiger partial charge in [0.05, 0.1) is 12.2 Å². The van der Waals surface area contributed by atoms with Crippen LogP contribution in [0.15, 0.2) is 18.2 Å². The fraction of sp³-hybridized carbons (Fsp3) is 0.429. The molecule has 0 aromatic heterocycles. The summed E-state index contributed by atoms with van der Waals surface area (Å²) in [6.07, 6.45) is -0.874. The summed E-state index contributed by atoms with van der Waals surface area (Å²) in [5, 5.41) is 2.60. The van der Waals surface area contributed by atoms with Crippen LogP contribution in [0.3, 0.4) is 0 Å². The number of nitrogens with one attached hydrogen (secondary N) is 1. The second-order valence-electron chi connectivity index (χ2n) is 4.46. The minimum atomic E-state index is -0.874. The van der Waals surface area contributed by atoms with Gasteiger partial charge in [-0.25, -0.2) is 4.79 Å². The number of amides is 1. The van der Waals surface area contributed by atoms with Gasteiger partial charge >= 0.3 is 5.97 Å². The molecule has 1 aromatic rings. The van der Waals surface area contributed by atoms with Gasteiger partial charge in [0.15, 0.2) is 6.10 Å². The summed E-state index contributed by atoms with van der Waals surface area (Å²) in [6.45, 7) is 4.11. The smallest absolute Gasteiger partial charge is 0.338 e. The van der Waals surface area contributed by atoms with Crippen molar-refractivity contribution in [1.29, 1.82) is 0 Å². The fourth-order valence-corrected chi connectivity index (χ4v) is 1.63. The lowest BCUT2D eigenvalue weighted by atomic mass is 10.1. The first-order chi connectivity index (χ1) is 9.43. The van der Waals surface area contributed by atoms with Crippen molar-refractivity contribution in [3.8, 4) is 0 Å². The first-order valence-corrected chi connectivity index (χ1v) is 6.29. The Balaban J connectivity index is 2.58. The number of carbonyl (C=O) groups excluding carboxylic acids is 2. The maximum Gasteiger partial charge on any atom is 0.338 e. The van der Waals surface area contributed by atoms with Crippen LogP contribution >= 0.6 is 0 Å². The zero-order valence-corrected chi connectivity index (χ0v) is 11.9. The summed E-state index contributed by atoms with van der Waals surface area (Å²) in [4.78, 5) is 23.6. The molecule has 0 radical (unpaired) electrons. The van der Waals surface area contributed by atoms with E-state index in [9.17, 15) is 9.59 Å². The molecule has 6 heteroatoms. The number of hydrogen-bond donors (Lipinski definition) is 2. The van der Waals surface area contributed by atoms with Crippen LogP contribution in [0.5, 0.6) is 0 Å². The molecule has 6 nitrogen and oxygen atoms in total. The van der Waals surface area contributed by atoms with Crippen molar-refractivity contribution >= 4 is 17.6 Å². The lowest BCUT2D eigenvalue weighted by Gasteiger charge is -2.13. The summed E-state index contributed by atoms with van der Waals surface area (Å²) in [7, 11) is 1.54. The van der Waals surface area contributed by atoms with Gasteiger partial charge in [-0.1, -0.05) is 0 Å². The van der Waals surface area contributed by atoms with Crippen LogP contribution in [0.4, 0.5) is 5.69 Å². The molecule has 1 atom stereocenters. The Labute approximate surface area is 118 Å². The summed E-state index contributed by atoms with van der Waals surface area (Å²) >= 11 is 0. The highest BCUT2D eigenvalue weighted by molar-refractivity contribution is 5.93. The number of esters is 1. The minimum Gasteiger partial charge on any atom is -0.449 e. The van der Waals surface area contributed by atoms with Gasteiger partial charge in [-0.3, -0.25) is 4.79 Å². The van der Waals surface area contributed by atoms with Gasteiger partial charge in [0.25, 0.3) is 5.91 Å². The molecule has 1 unspecified atom stereocenters. The Morgan fingerprint density at radius 3 is 2.65 bits per heavy atom. The van der Waals surface area contributed by atoms with Gasteiger partial charge < -0.3 is 20.5 Å². The lowest BCUT2D eigenvalue weighted by molar-refractivity contribution is -0.129. The highest BCUT2D eigenvalue weighted by Gasteiger charge is 2.18. The van der Waals surface area contributed by atoms with E-state index in [1.165, 1.54) is 20.1 Å². The lowest BCUT2D eigenvalue weighted by Crippen LogP contribution is -2.37. The fourth-order valence-electron chi connectivity index (χ4n) is 1.63. The molecule has 1 amide bonds. The Morgan fingerprint density at radius 1 is 1.35 bits per heavy atom. The summed E-state index contributed by atoms with van der Waals surface area (Å²) in [5.74, 6) is -0.939. The minimum absolute atomic E-state index is 0.332. The predicted molar refractivity (Wildman–Crippen MR) is 75.4 cm³/mol. The van der Waals surface area contributed by atoms with E-state index in [1.807, 2.05) is 6.92 Å². The van der Waals surface area contributed by atoms with Crippen molar-refractivity contribution in [2.45, 2.75) is 20.0 Å². The zero-order valence-electron chi connectivity index (χ0n) is 11.9. The number of rotatable bonds is 6. The summed E-state index contributed by atoms with van der Waals surface area (Å²) in [5.41, 5.74) is 7.34. The molecule has 0 fully saturated rings. The zero-order chi connectivity index (χ0) is 15.1. The normalized spacial score (nSPS) is 11.8. The van der Waals surface area contributed by atoms with Gasteiger partial charge in [-0.15, -0.1) is 0 Å². The maximum atomic E-state index is 11.9. The van der Waals surface area contributed by atoms with Crippen molar-refractivity contribution in [3.05, 3.63) is 29.3 Å². The highest BCUT2D eigenvalue weighted by atomic mass is 16.5. The Kier molecular flexibility index (Phi) is 5.99. The monoisotopic (exact) mass is 280 g/mol. The number of aryl methyl sites for hydroxylation is 1. The standard InChI is InChI=1S/C14H20N2O4/c1-9-6-11(8-12(15)7-9)14(18)20-10(2)13(17)16-4-5-19-3/h6-8,10H,4-5,15H2,1-3H3,(H,16,17). The first kappa shape index (κ1) is 16.0. The largest absolute Gasteiger partial charge is 0.449 e. The van der Waals surface area contributed by atoms with E-state index in [2.05, 4.69) is 5.32 Å². The Bertz CT molecular complexity index is 468. The number of methoxy groups -OCH3 is 1. The number of benzene rings is 1. The molecule has 0 bridgehead atoms. The van der Waals surface area contributed by atoms with E-state index in [0.717, 1.165) is 5.56 Å². The molecule has 0 saturated carbocycles. The molecular weight excluding hydrogens is 260 g/mol. The number of nitrogen functional groups attached to an aromatic ring is 1. The van der Waals surface area contributed by atoms with Gasteiger partial charge in [0, 0.05) is 19.3 Å². The van der Waals surface area contributed by atoms with Gasteiger partial charge in [0.2, 0.25) is 0 Å². The number of carbonyl (C=O) groups is 2. The average molecular weight is 280 g/mol. The van der Waals surface area contributed by atoms with Crippen LogP contribution in [0, 0.1) is 6.92 Å². The van der Waals surface area contributed by atoms with Crippen LogP contribution in [0.25, 0.3) is 0 Å². The van der Waals surface area contributed by atoms with Crippen molar-refractivity contribution in [1.82, 2.24) is 5.32 Å². The molecule has 0 aliphatic carbocycles. The van der Waals surface area contributed by atoms with Crippen LogP contribution in [0.2, 0.25) is 0 Å². The molecule has 1 rings (SSSR count). The molecule has 0 saturated heterocycles. The topological polar surface area (TPSA) is 90.6 Å². The third-order valence-corrected chi connectivity index (χ3v) is 2.59. The molecule has 110 valence electrons. The third-order valence-electron chi connectivity index (χ3n) is 2.59. The van der Waals surface area contributed by atoms with Crippen LogP contribution in [-0.4, -0.2) is 38.2 Å². The van der Waals surface area contributed by atoms with E-state index in [4.69, 9.17) is 15.2 Å². The van der Waals surface area contributed by atoms with E-state index in [0.29, 0.717) is 24.4 Å². The molecular formula is C14H20N2O4. The Morgan fingerprint density at radius 2 is 2.05 bits per heavy atom. The van der Waals surface area contributed by atoms with E-state index < -0.39 is 12.1 Å². The quantitative estimate of drug-likeness (QED) is 0.459. The molecule has 0 aliphatic rings. The van der Waals surface area contributed by atoms with E-state index in [1.54, 1.807) is 12.1 Å². The van der Waals surface area contributed by atoms with Crippen molar-refractivity contribution < 1.29 is 19.1 Å². The average Bonchev–Trinajstić information content (AvgIpc) is 2.37. The van der Waals surface area contributed by atoms with Gasteiger partial charge in [0.1, 0.15) is 0 Å². The van der Waals surface area contributed by atoms with E-state index >= 15 is 0 Å².